The number of benzene rings is 3. The van der Waals surface area contributed by atoms with Gasteiger partial charge in [0, 0.05) is 16.9 Å². The monoisotopic (exact) mass is 404 g/mol. The van der Waals surface area contributed by atoms with E-state index in [0.717, 1.165) is 11.4 Å². The van der Waals surface area contributed by atoms with Gasteiger partial charge in [-0.2, -0.15) is 0 Å². The normalized spacial score (nSPS) is 15.7. The van der Waals surface area contributed by atoms with Crippen LogP contribution in [0.1, 0.15) is 11.6 Å². The second-order valence-electron chi connectivity index (χ2n) is 6.77. The maximum atomic E-state index is 14.6. The van der Waals surface area contributed by atoms with Crippen molar-refractivity contribution < 1.29 is 18.7 Å². The number of halogens is 1. The predicted molar refractivity (Wildman–Crippen MR) is 114 cm³/mol. The van der Waals surface area contributed by atoms with Crippen molar-refractivity contribution in [1.82, 2.24) is 0 Å². The average Bonchev–Trinajstić information content (AvgIpc) is 3.10. The number of nitrogens with zero attached hydrogens (tertiary/aromatic N) is 1. The third-order valence-electron chi connectivity index (χ3n) is 5.00. The van der Waals surface area contributed by atoms with Crippen molar-refractivity contribution in [2.24, 2.45) is 0 Å². The number of hydrogen-bond acceptors (Lipinski definition) is 4. The van der Waals surface area contributed by atoms with Gasteiger partial charge in [0.1, 0.15) is 23.0 Å². The number of carbonyl (C=O) groups is 1. The Bertz CT molecular complexity index is 1080. The molecule has 1 amide bonds. The van der Waals surface area contributed by atoms with E-state index in [1.165, 1.54) is 6.07 Å². The molecule has 1 aliphatic heterocycles. The molecule has 1 atom stereocenters. The highest BCUT2D eigenvalue weighted by Gasteiger charge is 2.36. The minimum atomic E-state index is -0.576. The van der Waals surface area contributed by atoms with Crippen LogP contribution in [0.4, 0.5) is 15.8 Å². The summed E-state index contributed by atoms with van der Waals surface area (Å²) in [6.07, 6.45) is 1.75. The molecule has 1 N–H and O–H groups in total. The number of hydrogen-bond donors (Lipinski definition) is 1. The lowest BCUT2D eigenvalue weighted by Gasteiger charge is -2.25. The summed E-state index contributed by atoms with van der Waals surface area (Å²) in [7, 11) is 3.17. The van der Waals surface area contributed by atoms with Gasteiger partial charge in [-0.25, -0.2) is 4.39 Å². The Morgan fingerprint density at radius 3 is 2.07 bits per heavy atom. The number of amides is 1. The molecule has 0 radical (unpaired) electrons. The number of carbonyl (C=O) groups excluding carboxylic acids is 1. The smallest absolute Gasteiger partial charge is 0.275 e. The van der Waals surface area contributed by atoms with Crippen LogP contribution < -0.4 is 19.7 Å². The highest BCUT2D eigenvalue weighted by atomic mass is 19.1. The largest absolute Gasteiger partial charge is 0.497 e. The van der Waals surface area contributed by atoms with E-state index in [9.17, 15) is 9.18 Å². The number of anilines is 2. The van der Waals surface area contributed by atoms with Crippen molar-refractivity contribution in [3.63, 3.8) is 0 Å². The molecule has 0 saturated carbocycles. The van der Waals surface area contributed by atoms with Crippen LogP contribution >= 0.6 is 0 Å². The molecule has 3 aromatic carbocycles. The molecular formula is C24H21FN2O3. The fourth-order valence-corrected chi connectivity index (χ4v) is 3.45. The Morgan fingerprint density at radius 1 is 0.867 bits per heavy atom. The van der Waals surface area contributed by atoms with Crippen LogP contribution in [0.2, 0.25) is 0 Å². The van der Waals surface area contributed by atoms with Gasteiger partial charge in [0.2, 0.25) is 0 Å². The number of methoxy groups -OCH3 is 2. The Kier molecular flexibility index (Phi) is 5.39. The van der Waals surface area contributed by atoms with E-state index in [4.69, 9.17) is 9.47 Å². The van der Waals surface area contributed by atoms with Crippen LogP contribution in [0.15, 0.2) is 84.6 Å². The van der Waals surface area contributed by atoms with Gasteiger partial charge in [-0.05, 0) is 60.7 Å². The third-order valence-corrected chi connectivity index (χ3v) is 5.00. The van der Waals surface area contributed by atoms with Crippen LogP contribution in [-0.2, 0) is 4.79 Å². The SMILES string of the molecule is COc1ccc(NC2=CC(c3ccccc3F)N(c3ccc(OC)cc3)C2=O)cc1. The van der Waals surface area contributed by atoms with Crippen LogP contribution in [-0.4, -0.2) is 20.1 Å². The summed E-state index contributed by atoms with van der Waals surface area (Å²) >= 11 is 0. The summed E-state index contributed by atoms with van der Waals surface area (Å²) in [6, 6.07) is 20.3. The molecule has 0 spiro atoms. The first-order valence-corrected chi connectivity index (χ1v) is 9.45. The number of nitrogens with one attached hydrogen (secondary N) is 1. The van der Waals surface area contributed by atoms with Crippen LogP contribution in [0.3, 0.4) is 0 Å². The van der Waals surface area contributed by atoms with Crippen LogP contribution in [0.25, 0.3) is 0 Å². The topological polar surface area (TPSA) is 50.8 Å². The zero-order chi connectivity index (χ0) is 21.1. The van der Waals surface area contributed by atoms with Gasteiger partial charge in [-0.3, -0.25) is 9.69 Å². The first-order chi connectivity index (χ1) is 14.6. The Balaban J connectivity index is 1.71. The van der Waals surface area contributed by atoms with Crippen molar-refractivity contribution in [3.05, 3.63) is 96.0 Å². The molecule has 4 rings (SSSR count). The molecule has 5 nitrogen and oxygen atoms in total. The van der Waals surface area contributed by atoms with Crippen molar-refractivity contribution in [2.45, 2.75) is 6.04 Å². The van der Waals surface area contributed by atoms with E-state index in [1.54, 1.807) is 79.8 Å². The summed E-state index contributed by atoms with van der Waals surface area (Å²) in [5, 5.41) is 3.15. The lowest BCUT2D eigenvalue weighted by atomic mass is 10.1. The molecule has 1 heterocycles. The molecule has 3 aromatic rings. The minimum absolute atomic E-state index is 0.246. The first kappa shape index (κ1) is 19.5. The van der Waals surface area contributed by atoms with E-state index in [0.29, 0.717) is 22.7 Å². The molecule has 152 valence electrons. The molecule has 0 aromatic heterocycles. The molecule has 0 fully saturated rings. The standard InChI is InChI=1S/C24H21FN2O3/c1-29-18-11-7-16(8-12-18)26-22-15-23(20-5-3-4-6-21(20)25)27(24(22)28)17-9-13-19(30-2)14-10-17/h3-15,23,26H,1-2H3. The summed E-state index contributed by atoms with van der Waals surface area (Å²) in [6.45, 7) is 0. The second-order valence-corrected chi connectivity index (χ2v) is 6.77. The predicted octanol–water partition coefficient (Wildman–Crippen LogP) is 4.93. The van der Waals surface area contributed by atoms with E-state index in [-0.39, 0.29) is 11.7 Å². The zero-order valence-corrected chi connectivity index (χ0v) is 16.6. The summed E-state index contributed by atoms with van der Waals surface area (Å²) < 4.78 is 25.0. The maximum Gasteiger partial charge on any atom is 0.275 e. The van der Waals surface area contributed by atoms with Crippen LogP contribution in [0.5, 0.6) is 11.5 Å². The zero-order valence-electron chi connectivity index (χ0n) is 16.6. The minimum Gasteiger partial charge on any atom is -0.497 e. The van der Waals surface area contributed by atoms with Gasteiger partial charge >= 0.3 is 0 Å². The lowest BCUT2D eigenvalue weighted by Crippen LogP contribution is -2.31. The van der Waals surface area contributed by atoms with Gasteiger partial charge in [0.05, 0.1) is 20.3 Å². The Morgan fingerprint density at radius 2 is 1.47 bits per heavy atom. The summed E-state index contributed by atoms with van der Waals surface area (Å²) in [4.78, 5) is 14.9. The lowest BCUT2D eigenvalue weighted by molar-refractivity contribution is -0.114. The van der Waals surface area contributed by atoms with E-state index >= 15 is 0 Å². The number of rotatable bonds is 6. The number of ether oxygens (including phenoxy) is 2. The quantitative estimate of drug-likeness (QED) is 0.633. The van der Waals surface area contributed by atoms with E-state index < -0.39 is 6.04 Å². The van der Waals surface area contributed by atoms with Gasteiger partial charge in [0.15, 0.2) is 0 Å². The molecule has 1 aliphatic rings. The Labute approximate surface area is 174 Å². The Hall–Kier alpha value is -3.80. The van der Waals surface area contributed by atoms with Crippen molar-refractivity contribution >= 4 is 17.3 Å². The maximum absolute atomic E-state index is 14.6. The molecular weight excluding hydrogens is 383 g/mol. The fourth-order valence-electron chi connectivity index (χ4n) is 3.45. The van der Waals surface area contributed by atoms with E-state index in [1.807, 2.05) is 12.1 Å². The average molecular weight is 404 g/mol. The third kappa shape index (κ3) is 3.72. The van der Waals surface area contributed by atoms with Gasteiger partial charge in [0.25, 0.3) is 5.91 Å². The molecule has 6 heteroatoms. The second kappa shape index (κ2) is 8.29. The van der Waals surface area contributed by atoms with Gasteiger partial charge in [-0.1, -0.05) is 18.2 Å². The first-order valence-electron chi connectivity index (χ1n) is 9.45. The highest BCUT2D eigenvalue weighted by molar-refractivity contribution is 6.11. The van der Waals surface area contributed by atoms with Crippen molar-refractivity contribution in [3.8, 4) is 11.5 Å². The summed E-state index contributed by atoms with van der Waals surface area (Å²) in [5.74, 6) is 0.786. The van der Waals surface area contributed by atoms with Gasteiger partial charge in [-0.15, -0.1) is 0 Å². The summed E-state index contributed by atoms with van der Waals surface area (Å²) in [5.41, 5.74) is 2.19. The van der Waals surface area contributed by atoms with Crippen molar-refractivity contribution in [1.29, 1.82) is 0 Å². The molecule has 30 heavy (non-hydrogen) atoms. The molecule has 0 saturated heterocycles. The van der Waals surface area contributed by atoms with Crippen molar-refractivity contribution in [2.75, 3.05) is 24.4 Å². The fraction of sp³-hybridized carbons (Fsp3) is 0.125. The molecule has 1 unspecified atom stereocenters. The van der Waals surface area contributed by atoms with Gasteiger partial charge < -0.3 is 14.8 Å². The van der Waals surface area contributed by atoms with E-state index in [2.05, 4.69) is 5.32 Å². The molecule has 0 aliphatic carbocycles. The highest BCUT2D eigenvalue weighted by Crippen LogP contribution is 2.37. The molecule has 0 bridgehead atoms. The van der Waals surface area contributed by atoms with Crippen LogP contribution in [0, 0.1) is 5.82 Å².